The molecule has 0 spiro atoms. The molecular formula is C13H16N6O2. The highest BCUT2D eigenvalue weighted by Gasteiger charge is 2.25. The van der Waals surface area contributed by atoms with Gasteiger partial charge in [0, 0.05) is 25.5 Å². The Morgan fingerprint density at radius 3 is 3.05 bits per heavy atom. The second-order valence-electron chi connectivity index (χ2n) is 4.90. The Bertz CT molecular complexity index is 695. The molecule has 1 aliphatic heterocycles. The van der Waals surface area contributed by atoms with Gasteiger partial charge in [0.25, 0.3) is 5.91 Å². The molecule has 110 valence electrons. The number of amides is 2. The molecular weight excluding hydrogens is 272 g/mol. The lowest BCUT2D eigenvalue weighted by molar-refractivity contribution is -0.123. The van der Waals surface area contributed by atoms with Crippen molar-refractivity contribution in [2.75, 3.05) is 26.2 Å². The molecule has 21 heavy (non-hydrogen) atoms. The van der Waals surface area contributed by atoms with Crippen molar-refractivity contribution in [1.29, 1.82) is 0 Å². The minimum atomic E-state index is -0.223. The molecule has 3 N–H and O–H groups in total. The van der Waals surface area contributed by atoms with E-state index in [2.05, 4.69) is 15.4 Å². The van der Waals surface area contributed by atoms with Crippen molar-refractivity contribution in [3.63, 3.8) is 0 Å². The smallest absolute Gasteiger partial charge is 0.259 e. The number of rotatable bonds is 3. The maximum atomic E-state index is 12.5. The van der Waals surface area contributed by atoms with Crippen molar-refractivity contribution < 1.29 is 9.59 Å². The van der Waals surface area contributed by atoms with Crippen LogP contribution in [-0.2, 0) is 11.2 Å². The van der Waals surface area contributed by atoms with Gasteiger partial charge in [-0.1, -0.05) is 0 Å². The molecule has 0 radical (unpaired) electrons. The van der Waals surface area contributed by atoms with Gasteiger partial charge in [0.15, 0.2) is 5.65 Å². The van der Waals surface area contributed by atoms with E-state index in [9.17, 15) is 9.59 Å². The van der Waals surface area contributed by atoms with Crippen LogP contribution in [0.15, 0.2) is 18.6 Å². The minimum Gasteiger partial charge on any atom is -0.353 e. The fourth-order valence-electron chi connectivity index (χ4n) is 2.34. The molecule has 3 rings (SSSR count). The molecule has 0 atom stereocenters. The quantitative estimate of drug-likeness (QED) is 0.738. The van der Waals surface area contributed by atoms with Crippen molar-refractivity contribution in [3.8, 4) is 0 Å². The molecule has 1 fully saturated rings. The molecule has 0 aromatic carbocycles. The third-order valence-electron chi connectivity index (χ3n) is 3.40. The number of carbonyl (C=O) groups excluding carboxylic acids is 2. The van der Waals surface area contributed by atoms with Gasteiger partial charge in [0.2, 0.25) is 5.91 Å². The van der Waals surface area contributed by atoms with E-state index in [-0.39, 0.29) is 18.4 Å². The zero-order valence-corrected chi connectivity index (χ0v) is 11.5. The molecule has 8 nitrogen and oxygen atoms in total. The van der Waals surface area contributed by atoms with E-state index < -0.39 is 0 Å². The van der Waals surface area contributed by atoms with E-state index in [1.165, 1.54) is 11.1 Å². The van der Waals surface area contributed by atoms with E-state index in [0.717, 1.165) is 5.56 Å². The Hall–Kier alpha value is -2.48. The normalized spacial score (nSPS) is 15.3. The van der Waals surface area contributed by atoms with Crippen LogP contribution >= 0.6 is 0 Å². The fourth-order valence-corrected chi connectivity index (χ4v) is 2.34. The summed E-state index contributed by atoms with van der Waals surface area (Å²) in [5.74, 6) is -0.372. The number of fused-ring (bicyclic) bond motifs is 1. The van der Waals surface area contributed by atoms with Gasteiger partial charge >= 0.3 is 0 Å². The van der Waals surface area contributed by atoms with Crippen LogP contribution < -0.4 is 11.1 Å². The van der Waals surface area contributed by atoms with E-state index >= 15 is 0 Å². The zero-order valence-electron chi connectivity index (χ0n) is 11.5. The van der Waals surface area contributed by atoms with Gasteiger partial charge in [0.05, 0.1) is 12.7 Å². The van der Waals surface area contributed by atoms with Crippen molar-refractivity contribution in [1.82, 2.24) is 24.8 Å². The minimum absolute atomic E-state index is 0.0709. The Morgan fingerprint density at radius 1 is 1.43 bits per heavy atom. The maximum absolute atomic E-state index is 12.5. The van der Waals surface area contributed by atoms with E-state index in [4.69, 9.17) is 5.73 Å². The van der Waals surface area contributed by atoms with Crippen molar-refractivity contribution in [2.24, 2.45) is 5.73 Å². The maximum Gasteiger partial charge on any atom is 0.259 e. The number of piperazine rings is 1. The largest absolute Gasteiger partial charge is 0.353 e. The van der Waals surface area contributed by atoms with E-state index in [1.807, 2.05) is 6.20 Å². The van der Waals surface area contributed by atoms with Crippen molar-refractivity contribution >= 4 is 17.5 Å². The molecule has 2 aromatic heterocycles. The van der Waals surface area contributed by atoms with Crippen molar-refractivity contribution in [3.05, 3.63) is 29.7 Å². The molecule has 2 aromatic rings. The third-order valence-corrected chi connectivity index (χ3v) is 3.40. The Kier molecular flexibility index (Phi) is 3.53. The summed E-state index contributed by atoms with van der Waals surface area (Å²) in [6, 6.07) is 0. The summed E-state index contributed by atoms with van der Waals surface area (Å²) in [6.45, 7) is 1.57. The summed E-state index contributed by atoms with van der Waals surface area (Å²) >= 11 is 0. The predicted octanol–water partition coefficient (Wildman–Crippen LogP) is -1.20. The first-order valence-corrected chi connectivity index (χ1v) is 6.77. The number of nitrogens with two attached hydrogens (primary N) is 1. The SMILES string of the molecule is NCCc1cnc2c(C(=O)N3CCNC(=O)C3)cnn2c1. The monoisotopic (exact) mass is 288 g/mol. The van der Waals surface area contributed by atoms with Gasteiger partial charge in [0.1, 0.15) is 5.56 Å². The first-order valence-electron chi connectivity index (χ1n) is 6.77. The molecule has 1 aliphatic rings. The Labute approximate surface area is 120 Å². The lowest BCUT2D eigenvalue weighted by Gasteiger charge is -2.26. The van der Waals surface area contributed by atoms with Crippen LogP contribution in [-0.4, -0.2) is 57.5 Å². The van der Waals surface area contributed by atoms with Gasteiger partial charge in [-0.2, -0.15) is 5.10 Å². The summed E-state index contributed by atoms with van der Waals surface area (Å²) in [6.07, 6.45) is 5.71. The first kappa shape index (κ1) is 13.5. The molecule has 0 unspecified atom stereocenters. The highest BCUT2D eigenvalue weighted by atomic mass is 16.2. The molecule has 3 heterocycles. The molecule has 0 aliphatic carbocycles. The van der Waals surface area contributed by atoms with Crippen LogP contribution in [0.1, 0.15) is 15.9 Å². The van der Waals surface area contributed by atoms with E-state index in [0.29, 0.717) is 37.3 Å². The van der Waals surface area contributed by atoms with Crippen LogP contribution in [0.25, 0.3) is 5.65 Å². The van der Waals surface area contributed by atoms with Crippen LogP contribution in [0.2, 0.25) is 0 Å². The standard InChI is InChI=1S/C13H16N6O2/c14-2-1-9-5-16-12-10(6-17-19(12)7-9)13(21)18-4-3-15-11(20)8-18/h5-7H,1-4,8,14H2,(H,15,20). The van der Waals surface area contributed by atoms with Crippen LogP contribution in [0.4, 0.5) is 0 Å². The second-order valence-corrected chi connectivity index (χ2v) is 4.90. The van der Waals surface area contributed by atoms with Gasteiger partial charge in [-0.15, -0.1) is 0 Å². The number of aromatic nitrogens is 3. The fraction of sp³-hybridized carbons (Fsp3) is 0.385. The average Bonchev–Trinajstić information content (AvgIpc) is 2.90. The van der Waals surface area contributed by atoms with Crippen LogP contribution in [0.3, 0.4) is 0 Å². The second kappa shape index (κ2) is 5.49. The van der Waals surface area contributed by atoms with Gasteiger partial charge in [-0.3, -0.25) is 9.59 Å². The van der Waals surface area contributed by atoms with Crippen LogP contribution in [0.5, 0.6) is 0 Å². The first-order chi connectivity index (χ1) is 10.2. The number of nitrogens with zero attached hydrogens (tertiary/aromatic N) is 4. The van der Waals surface area contributed by atoms with Gasteiger partial charge < -0.3 is 16.0 Å². The number of hydrogen-bond acceptors (Lipinski definition) is 5. The highest BCUT2D eigenvalue weighted by Crippen LogP contribution is 2.12. The van der Waals surface area contributed by atoms with Crippen molar-refractivity contribution in [2.45, 2.75) is 6.42 Å². The predicted molar refractivity (Wildman–Crippen MR) is 74.7 cm³/mol. The van der Waals surface area contributed by atoms with E-state index in [1.54, 1.807) is 10.7 Å². The summed E-state index contributed by atoms with van der Waals surface area (Å²) in [5, 5.41) is 6.85. The molecule has 0 bridgehead atoms. The summed E-state index contributed by atoms with van der Waals surface area (Å²) in [5.41, 5.74) is 7.37. The van der Waals surface area contributed by atoms with Gasteiger partial charge in [-0.25, -0.2) is 9.50 Å². The summed E-state index contributed by atoms with van der Waals surface area (Å²) in [7, 11) is 0. The Morgan fingerprint density at radius 2 is 2.29 bits per heavy atom. The topological polar surface area (TPSA) is 106 Å². The summed E-state index contributed by atoms with van der Waals surface area (Å²) in [4.78, 5) is 29.6. The van der Waals surface area contributed by atoms with Crippen LogP contribution in [0, 0.1) is 0 Å². The lowest BCUT2D eigenvalue weighted by atomic mass is 10.2. The number of nitrogens with one attached hydrogen (secondary N) is 1. The molecule has 2 amide bonds. The number of carbonyl (C=O) groups is 2. The zero-order chi connectivity index (χ0) is 14.8. The third kappa shape index (κ3) is 2.57. The highest BCUT2D eigenvalue weighted by molar-refractivity contribution is 6.01. The molecule has 1 saturated heterocycles. The Balaban J connectivity index is 1.89. The molecule has 8 heteroatoms. The summed E-state index contributed by atoms with van der Waals surface area (Å²) < 4.78 is 1.57. The number of hydrogen-bond donors (Lipinski definition) is 2. The molecule has 0 saturated carbocycles. The average molecular weight is 288 g/mol. The lowest BCUT2D eigenvalue weighted by Crippen LogP contribution is -2.49. The van der Waals surface area contributed by atoms with Gasteiger partial charge in [-0.05, 0) is 18.5 Å².